The Balaban J connectivity index is 2.66. The highest BCUT2D eigenvalue weighted by Crippen LogP contribution is 2.26. The molecule has 1 aromatic carbocycles. The molecule has 0 saturated heterocycles. The van der Waals surface area contributed by atoms with Crippen molar-refractivity contribution in [2.45, 2.75) is 72.3 Å². The summed E-state index contributed by atoms with van der Waals surface area (Å²) in [6.45, 7) is 10.4. The summed E-state index contributed by atoms with van der Waals surface area (Å²) in [4.78, 5) is 2.60. The lowest BCUT2D eigenvalue weighted by molar-refractivity contribution is 0.161. The maximum absolute atomic E-state index is 2.60. The number of hydrogen-bond donors (Lipinski definition) is 0. The molecule has 0 N–H and O–H groups in total. The van der Waals surface area contributed by atoms with Crippen LogP contribution in [0.3, 0.4) is 0 Å². The van der Waals surface area contributed by atoms with E-state index in [2.05, 4.69) is 76.1 Å². The largest absolute Gasteiger partial charge is 0.303 e. The second-order valence-electron chi connectivity index (χ2n) is 6.90. The Labute approximate surface area is 144 Å². The molecule has 0 radical (unpaired) electrons. The molecular weight excluding hydrogens is 278 g/mol. The number of hydrogen-bond acceptors (Lipinski definition) is 1. The molecule has 0 spiro atoms. The lowest BCUT2D eigenvalue weighted by Crippen LogP contribution is -2.39. The first-order valence-corrected chi connectivity index (χ1v) is 9.52. The third kappa shape index (κ3) is 7.35. The molecule has 1 aromatic rings. The average Bonchev–Trinajstić information content (AvgIpc) is 2.55. The van der Waals surface area contributed by atoms with Gasteiger partial charge in [0.05, 0.1) is 0 Å². The smallest absolute Gasteiger partial charge is 0.0121 e. The predicted octanol–water partition coefficient (Wildman–Crippen LogP) is 6.10. The fourth-order valence-electron chi connectivity index (χ4n) is 3.77. The van der Waals surface area contributed by atoms with Crippen molar-refractivity contribution >= 4 is 0 Å². The van der Waals surface area contributed by atoms with Gasteiger partial charge in [0.15, 0.2) is 0 Å². The minimum absolute atomic E-state index is 0.693. The van der Waals surface area contributed by atoms with E-state index in [9.17, 15) is 0 Å². The lowest BCUT2D eigenvalue weighted by Gasteiger charge is -2.34. The van der Waals surface area contributed by atoms with Gasteiger partial charge in [0.1, 0.15) is 0 Å². The molecule has 0 fully saturated rings. The van der Waals surface area contributed by atoms with Gasteiger partial charge in [-0.1, -0.05) is 69.2 Å². The van der Waals surface area contributed by atoms with Crippen molar-refractivity contribution in [1.29, 1.82) is 0 Å². The first kappa shape index (κ1) is 20.0. The normalized spacial score (nSPS) is 15.0. The van der Waals surface area contributed by atoms with Gasteiger partial charge in [-0.3, -0.25) is 0 Å². The van der Waals surface area contributed by atoms with Crippen LogP contribution in [0.5, 0.6) is 0 Å². The molecule has 0 saturated carbocycles. The molecule has 0 heterocycles. The van der Waals surface area contributed by atoms with Crippen LogP contribution in [-0.2, 0) is 6.42 Å². The molecule has 0 aromatic heterocycles. The lowest BCUT2D eigenvalue weighted by atomic mass is 9.86. The van der Waals surface area contributed by atoms with E-state index in [-0.39, 0.29) is 0 Å². The molecule has 0 aliphatic heterocycles. The van der Waals surface area contributed by atoms with Crippen LogP contribution in [0.25, 0.3) is 0 Å². The number of allylic oxidation sites excluding steroid dienone is 2. The SMILES string of the molecule is CC/C=C(\C)C[C@H](CCC)[C@@H](CC)N(C)CCc1ccccc1. The zero-order valence-corrected chi connectivity index (χ0v) is 16.0. The van der Waals surface area contributed by atoms with Gasteiger partial charge in [0, 0.05) is 12.6 Å². The highest BCUT2D eigenvalue weighted by atomic mass is 15.1. The topological polar surface area (TPSA) is 3.24 Å². The second kappa shape index (κ2) is 11.5. The summed E-state index contributed by atoms with van der Waals surface area (Å²) in [6.07, 6.45) is 9.84. The second-order valence-corrected chi connectivity index (χ2v) is 6.90. The Morgan fingerprint density at radius 3 is 2.39 bits per heavy atom. The minimum atomic E-state index is 0.693. The monoisotopic (exact) mass is 315 g/mol. The number of rotatable bonds is 11. The van der Waals surface area contributed by atoms with Gasteiger partial charge in [-0.05, 0) is 57.6 Å². The molecular formula is C22H37N. The maximum Gasteiger partial charge on any atom is 0.0121 e. The first-order valence-electron chi connectivity index (χ1n) is 9.52. The summed E-state index contributed by atoms with van der Waals surface area (Å²) in [5, 5.41) is 0. The van der Waals surface area contributed by atoms with Crippen LogP contribution in [0.1, 0.15) is 65.4 Å². The first-order chi connectivity index (χ1) is 11.1. The quantitative estimate of drug-likeness (QED) is 0.446. The van der Waals surface area contributed by atoms with E-state index in [4.69, 9.17) is 0 Å². The summed E-state index contributed by atoms with van der Waals surface area (Å²) in [5.74, 6) is 0.786. The van der Waals surface area contributed by atoms with Crippen LogP contribution in [0.4, 0.5) is 0 Å². The van der Waals surface area contributed by atoms with E-state index in [1.165, 1.54) is 31.2 Å². The van der Waals surface area contributed by atoms with Crippen LogP contribution in [-0.4, -0.2) is 24.5 Å². The molecule has 1 rings (SSSR count). The van der Waals surface area contributed by atoms with E-state index in [1.54, 1.807) is 5.57 Å². The zero-order valence-electron chi connectivity index (χ0n) is 16.0. The zero-order chi connectivity index (χ0) is 17.1. The van der Waals surface area contributed by atoms with Crippen molar-refractivity contribution in [1.82, 2.24) is 4.90 Å². The molecule has 1 heteroatoms. The molecule has 130 valence electrons. The number of nitrogens with zero attached hydrogens (tertiary/aromatic N) is 1. The molecule has 23 heavy (non-hydrogen) atoms. The Morgan fingerprint density at radius 1 is 1.13 bits per heavy atom. The number of likely N-dealkylation sites (N-methyl/N-ethyl adjacent to an activating group) is 1. The standard InChI is InChI=1S/C22H37N/c1-6-12-19(4)18-21(13-7-2)22(8-3)23(5)17-16-20-14-10-9-11-15-20/h9-12,14-15,21-22H,6-8,13,16-18H2,1-5H3/b19-12+/t21-,22+/m0/s1. The van der Waals surface area contributed by atoms with Crippen molar-refractivity contribution < 1.29 is 0 Å². The molecule has 0 unspecified atom stereocenters. The van der Waals surface area contributed by atoms with Gasteiger partial charge in [-0.2, -0.15) is 0 Å². The van der Waals surface area contributed by atoms with Crippen LogP contribution in [0, 0.1) is 5.92 Å². The Kier molecular flexibility index (Phi) is 9.94. The van der Waals surface area contributed by atoms with E-state index >= 15 is 0 Å². The van der Waals surface area contributed by atoms with Gasteiger partial charge in [-0.25, -0.2) is 0 Å². The third-order valence-corrected chi connectivity index (χ3v) is 4.92. The Bertz CT molecular complexity index is 435. The van der Waals surface area contributed by atoms with Crippen molar-refractivity contribution in [3.05, 3.63) is 47.5 Å². The summed E-state index contributed by atoms with van der Waals surface area (Å²) < 4.78 is 0. The van der Waals surface area contributed by atoms with Crippen LogP contribution >= 0.6 is 0 Å². The fourth-order valence-corrected chi connectivity index (χ4v) is 3.77. The van der Waals surface area contributed by atoms with Gasteiger partial charge in [0.25, 0.3) is 0 Å². The molecule has 0 aliphatic carbocycles. The van der Waals surface area contributed by atoms with Crippen LogP contribution < -0.4 is 0 Å². The summed E-state index contributed by atoms with van der Waals surface area (Å²) in [7, 11) is 2.32. The minimum Gasteiger partial charge on any atom is -0.303 e. The van der Waals surface area contributed by atoms with E-state index in [1.807, 2.05) is 0 Å². The number of benzene rings is 1. The maximum atomic E-state index is 2.60. The third-order valence-electron chi connectivity index (χ3n) is 4.92. The van der Waals surface area contributed by atoms with Crippen molar-refractivity contribution in [3.63, 3.8) is 0 Å². The van der Waals surface area contributed by atoms with Crippen LogP contribution in [0.15, 0.2) is 42.0 Å². The predicted molar refractivity (Wildman–Crippen MR) is 104 cm³/mol. The average molecular weight is 316 g/mol. The molecule has 0 bridgehead atoms. The van der Waals surface area contributed by atoms with Gasteiger partial charge >= 0.3 is 0 Å². The molecule has 2 atom stereocenters. The van der Waals surface area contributed by atoms with E-state index in [0.29, 0.717) is 6.04 Å². The van der Waals surface area contributed by atoms with E-state index in [0.717, 1.165) is 25.3 Å². The molecule has 0 amide bonds. The summed E-state index contributed by atoms with van der Waals surface area (Å²) in [6, 6.07) is 11.6. The Hall–Kier alpha value is -1.08. The van der Waals surface area contributed by atoms with Crippen LogP contribution in [0.2, 0.25) is 0 Å². The van der Waals surface area contributed by atoms with Gasteiger partial charge in [-0.15, -0.1) is 0 Å². The highest BCUT2D eigenvalue weighted by molar-refractivity contribution is 5.14. The van der Waals surface area contributed by atoms with Gasteiger partial charge in [0.2, 0.25) is 0 Å². The summed E-state index contributed by atoms with van der Waals surface area (Å²) >= 11 is 0. The molecule has 0 aliphatic rings. The molecule has 1 nitrogen and oxygen atoms in total. The van der Waals surface area contributed by atoms with Gasteiger partial charge < -0.3 is 4.90 Å². The van der Waals surface area contributed by atoms with Crippen molar-refractivity contribution in [2.24, 2.45) is 5.92 Å². The fraction of sp³-hybridized carbons (Fsp3) is 0.636. The Morgan fingerprint density at radius 2 is 1.83 bits per heavy atom. The summed E-state index contributed by atoms with van der Waals surface area (Å²) in [5.41, 5.74) is 3.02. The highest BCUT2D eigenvalue weighted by Gasteiger charge is 2.23. The van der Waals surface area contributed by atoms with E-state index < -0.39 is 0 Å². The van der Waals surface area contributed by atoms with Crippen molar-refractivity contribution in [3.8, 4) is 0 Å². The van der Waals surface area contributed by atoms with Crippen molar-refractivity contribution in [2.75, 3.05) is 13.6 Å².